The number of rotatable bonds is 4. The molecule has 2 saturated heterocycles. The zero-order chi connectivity index (χ0) is 19.7. The van der Waals surface area contributed by atoms with Crippen LogP contribution in [0.15, 0.2) is 0 Å². The van der Waals surface area contributed by atoms with Gasteiger partial charge in [-0.2, -0.15) is 0 Å². The summed E-state index contributed by atoms with van der Waals surface area (Å²) in [4.78, 5) is 37.6. The average molecular weight is 390 g/mol. The molecule has 0 N–H and O–H groups in total. The van der Waals surface area contributed by atoms with Crippen molar-refractivity contribution in [3.63, 3.8) is 0 Å². The van der Waals surface area contributed by atoms with Gasteiger partial charge in [0.05, 0.1) is 32.4 Å². The molecular formula is C16H26N2O7S. The lowest BCUT2D eigenvalue weighted by molar-refractivity contribution is -0.150. The Balaban J connectivity index is 0.000000260. The smallest absolute Gasteiger partial charge is 0.331 e. The Morgan fingerprint density at radius 2 is 1.38 bits per heavy atom. The molecule has 2 unspecified atom stereocenters. The van der Waals surface area contributed by atoms with Gasteiger partial charge >= 0.3 is 11.9 Å². The van der Waals surface area contributed by atoms with E-state index in [9.17, 15) is 14.4 Å². The lowest BCUT2D eigenvalue weighted by Crippen LogP contribution is -2.42. The highest BCUT2D eigenvalue weighted by molar-refractivity contribution is 7.80. The third-order valence-electron chi connectivity index (χ3n) is 3.96. The number of methoxy groups -OCH3 is 2. The molecule has 0 aromatic heterocycles. The average Bonchev–Trinajstić information content (AvgIpc) is 3.35. The van der Waals surface area contributed by atoms with E-state index in [1.165, 1.54) is 19.1 Å². The fourth-order valence-corrected chi connectivity index (χ4v) is 2.63. The van der Waals surface area contributed by atoms with Gasteiger partial charge in [-0.3, -0.25) is 4.79 Å². The highest BCUT2D eigenvalue weighted by Crippen LogP contribution is 2.13. The van der Waals surface area contributed by atoms with Crippen LogP contribution < -0.4 is 0 Å². The molecule has 2 atom stereocenters. The van der Waals surface area contributed by atoms with Crippen molar-refractivity contribution < 1.29 is 33.3 Å². The van der Waals surface area contributed by atoms with Crippen LogP contribution in [0.1, 0.15) is 26.7 Å². The first kappa shape index (κ1) is 22.3. The molecule has 0 aliphatic carbocycles. The lowest BCUT2D eigenvalue weighted by atomic mass is 10.3. The van der Waals surface area contributed by atoms with Gasteiger partial charge in [0.2, 0.25) is 5.91 Å². The summed E-state index contributed by atoms with van der Waals surface area (Å²) in [6.07, 6.45) is 1.11. The standard InChI is InChI=1S/C8H13NO4.C8H13NO3S/c1-3-7(10)9-5-13-4-6(9)8(11)12-2;1-3-7(13)9-5-12-4-6(9)8(10)11-2/h2*6H,3-5H2,1-2H3. The zero-order valence-corrected chi connectivity index (χ0v) is 16.4. The fraction of sp³-hybridized carbons (Fsp3) is 0.750. The van der Waals surface area contributed by atoms with Gasteiger partial charge in [-0.25, -0.2) is 9.59 Å². The van der Waals surface area contributed by atoms with Crippen LogP contribution in [-0.2, 0) is 33.3 Å². The van der Waals surface area contributed by atoms with Crippen LogP contribution in [0.4, 0.5) is 0 Å². The molecular weight excluding hydrogens is 364 g/mol. The number of carbonyl (C=O) groups excluding carboxylic acids is 3. The van der Waals surface area contributed by atoms with Crippen LogP contribution in [-0.4, -0.2) is 85.6 Å². The molecule has 2 rings (SSSR count). The van der Waals surface area contributed by atoms with E-state index in [1.807, 2.05) is 6.92 Å². The minimum Gasteiger partial charge on any atom is -0.467 e. The number of carbonyl (C=O) groups is 3. The predicted molar refractivity (Wildman–Crippen MR) is 95.1 cm³/mol. The predicted octanol–water partition coefficient (Wildman–Crippen LogP) is 0.309. The number of thiocarbonyl (C=S) groups is 1. The van der Waals surface area contributed by atoms with E-state index < -0.39 is 12.0 Å². The third-order valence-corrected chi connectivity index (χ3v) is 4.48. The third kappa shape index (κ3) is 5.61. The maximum atomic E-state index is 11.3. The Kier molecular flexibility index (Phi) is 9.46. The molecule has 0 bridgehead atoms. The van der Waals surface area contributed by atoms with Crippen molar-refractivity contribution in [2.75, 3.05) is 40.9 Å². The monoisotopic (exact) mass is 390 g/mol. The Morgan fingerprint density at radius 1 is 0.923 bits per heavy atom. The zero-order valence-electron chi connectivity index (χ0n) is 15.6. The normalized spacial score (nSPS) is 21.7. The van der Waals surface area contributed by atoms with Crippen molar-refractivity contribution in [3.8, 4) is 0 Å². The van der Waals surface area contributed by atoms with Crippen molar-refractivity contribution in [3.05, 3.63) is 0 Å². The Bertz CT molecular complexity index is 439. The quantitative estimate of drug-likeness (QED) is 0.496. The van der Waals surface area contributed by atoms with E-state index in [2.05, 4.69) is 9.47 Å². The topological polar surface area (TPSA) is 94.6 Å². The Hall–Kier alpha value is -1.78. The molecule has 26 heavy (non-hydrogen) atoms. The minimum atomic E-state index is -0.558. The van der Waals surface area contributed by atoms with Crippen molar-refractivity contribution in [2.45, 2.75) is 38.8 Å². The summed E-state index contributed by atoms with van der Waals surface area (Å²) in [6.45, 7) is 4.88. The van der Waals surface area contributed by atoms with Crippen LogP contribution in [0.3, 0.4) is 0 Å². The van der Waals surface area contributed by atoms with Crippen molar-refractivity contribution >= 4 is 35.1 Å². The van der Waals surface area contributed by atoms with Crippen molar-refractivity contribution in [1.82, 2.24) is 9.80 Å². The Labute approximate surface area is 158 Å². The molecule has 2 aliphatic rings. The first-order valence-corrected chi connectivity index (χ1v) is 8.72. The van der Waals surface area contributed by atoms with Gasteiger partial charge in [0.15, 0.2) is 12.1 Å². The van der Waals surface area contributed by atoms with Crippen LogP contribution in [0, 0.1) is 0 Å². The van der Waals surface area contributed by atoms with Crippen LogP contribution in [0.2, 0.25) is 0 Å². The van der Waals surface area contributed by atoms with Gasteiger partial charge in [0, 0.05) is 6.42 Å². The molecule has 2 heterocycles. The molecule has 10 heteroatoms. The van der Waals surface area contributed by atoms with Gasteiger partial charge in [-0.15, -0.1) is 0 Å². The number of ether oxygens (including phenoxy) is 4. The largest absolute Gasteiger partial charge is 0.467 e. The van der Waals surface area contributed by atoms with Crippen molar-refractivity contribution in [1.29, 1.82) is 0 Å². The maximum absolute atomic E-state index is 11.3. The Morgan fingerprint density at radius 3 is 1.81 bits per heavy atom. The molecule has 0 aromatic rings. The number of hydrogen-bond acceptors (Lipinski definition) is 8. The summed E-state index contributed by atoms with van der Waals surface area (Å²) in [7, 11) is 2.67. The maximum Gasteiger partial charge on any atom is 0.331 e. The second kappa shape index (κ2) is 11.0. The highest BCUT2D eigenvalue weighted by Gasteiger charge is 2.35. The molecule has 0 aromatic carbocycles. The van der Waals surface area contributed by atoms with E-state index >= 15 is 0 Å². The molecule has 0 spiro atoms. The van der Waals surface area contributed by atoms with E-state index in [0.29, 0.717) is 19.8 Å². The summed E-state index contributed by atoms with van der Waals surface area (Å²) in [5.74, 6) is -0.791. The SMILES string of the molecule is CCC(=O)N1COCC1C(=O)OC.CCC(=S)N1COCC1C(=O)OC. The van der Waals surface area contributed by atoms with Gasteiger partial charge in [-0.1, -0.05) is 26.1 Å². The first-order chi connectivity index (χ1) is 12.4. The number of nitrogens with zero attached hydrogens (tertiary/aromatic N) is 2. The summed E-state index contributed by atoms with van der Waals surface area (Å²) in [5.41, 5.74) is 0. The fourth-order valence-electron chi connectivity index (χ4n) is 2.45. The van der Waals surface area contributed by atoms with Gasteiger partial charge < -0.3 is 28.7 Å². The molecule has 0 radical (unpaired) electrons. The second-order valence-electron chi connectivity index (χ2n) is 5.51. The summed E-state index contributed by atoms with van der Waals surface area (Å²) >= 11 is 5.10. The number of esters is 2. The number of hydrogen-bond donors (Lipinski definition) is 0. The molecule has 2 fully saturated rings. The number of amides is 1. The van der Waals surface area contributed by atoms with E-state index in [0.717, 1.165) is 11.4 Å². The van der Waals surface area contributed by atoms with E-state index in [1.54, 1.807) is 11.8 Å². The summed E-state index contributed by atoms with van der Waals surface area (Å²) in [6, 6.07) is -0.908. The molecule has 1 amide bonds. The molecule has 148 valence electrons. The molecule has 0 saturated carbocycles. The molecule has 2 aliphatic heterocycles. The summed E-state index contributed by atoms with van der Waals surface area (Å²) < 4.78 is 19.4. The van der Waals surface area contributed by atoms with Gasteiger partial charge in [0.25, 0.3) is 0 Å². The molecule has 9 nitrogen and oxygen atoms in total. The van der Waals surface area contributed by atoms with Crippen LogP contribution >= 0.6 is 12.2 Å². The van der Waals surface area contributed by atoms with E-state index in [4.69, 9.17) is 21.7 Å². The van der Waals surface area contributed by atoms with E-state index in [-0.39, 0.29) is 31.3 Å². The van der Waals surface area contributed by atoms with Gasteiger partial charge in [0.1, 0.15) is 13.5 Å². The van der Waals surface area contributed by atoms with Crippen LogP contribution in [0.25, 0.3) is 0 Å². The minimum absolute atomic E-state index is 0.0899. The highest BCUT2D eigenvalue weighted by atomic mass is 32.1. The lowest BCUT2D eigenvalue weighted by Gasteiger charge is -2.21. The first-order valence-electron chi connectivity index (χ1n) is 8.31. The summed E-state index contributed by atoms with van der Waals surface area (Å²) in [5, 5.41) is 0. The van der Waals surface area contributed by atoms with Crippen molar-refractivity contribution in [2.24, 2.45) is 0 Å². The second-order valence-corrected chi connectivity index (χ2v) is 5.98. The van der Waals surface area contributed by atoms with Gasteiger partial charge in [-0.05, 0) is 6.42 Å². The van der Waals surface area contributed by atoms with Crippen LogP contribution in [0.5, 0.6) is 0 Å².